The zero-order valence-corrected chi connectivity index (χ0v) is 14.3. The summed E-state index contributed by atoms with van der Waals surface area (Å²) in [4.78, 5) is 36.6. The minimum absolute atomic E-state index is 0.00632. The Morgan fingerprint density at radius 3 is 2.91 bits per heavy atom. The van der Waals surface area contributed by atoms with E-state index in [9.17, 15) is 14.4 Å². The molecule has 2 amide bonds. The molecule has 1 aliphatic heterocycles. The summed E-state index contributed by atoms with van der Waals surface area (Å²) in [5, 5.41) is 15.3. The van der Waals surface area contributed by atoms with Gasteiger partial charge in [0.1, 0.15) is 0 Å². The molecule has 8 heteroatoms. The zero-order chi connectivity index (χ0) is 16.7. The van der Waals surface area contributed by atoms with Crippen LogP contribution in [0.3, 0.4) is 0 Å². The molecule has 2 N–H and O–H groups in total. The van der Waals surface area contributed by atoms with E-state index in [1.165, 1.54) is 11.3 Å². The van der Waals surface area contributed by atoms with Crippen molar-refractivity contribution in [3.05, 3.63) is 22.4 Å². The van der Waals surface area contributed by atoms with E-state index < -0.39 is 5.97 Å². The van der Waals surface area contributed by atoms with Gasteiger partial charge in [0, 0.05) is 42.0 Å². The molecule has 126 valence electrons. The van der Waals surface area contributed by atoms with Gasteiger partial charge in [-0.2, -0.15) is 23.1 Å². The maximum atomic E-state index is 12.3. The summed E-state index contributed by atoms with van der Waals surface area (Å²) in [6.45, 7) is 1.04. The summed E-state index contributed by atoms with van der Waals surface area (Å²) in [7, 11) is 0. The predicted molar refractivity (Wildman–Crippen MR) is 91.0 cm³/mol. The van der Waals surface area contributed by atoms with Crippen molar-refractivity contribution in [1.82, 2.24) is 10.2 Å². The van der Waals surface area contributed by atoms with E-state index in [-0.39, 0.29) is 24.3 Å². The van der Waals surface area contributed by atoms with Gasteiger partial charge in [0.05, 0.1) is 12.5 Å². The fraction of sp³-hybridized carbons (Fsp3) is 0.533. The van der Waals surface area contributed by atoms with Gasteiger partial charge in [-0.1, -0.05) is 0 Å². The van der Waals surface area contributed by atoms with Crippen LogP contribution >= 0.6 is 23.1 Å². The molecule has 6 nitrogen and oxygen atoms in total. The topological polar surface area (TPSA) is 86.7 Å². The number of hydrogen-bond donors (Lipinski definition) is 2. The number of hydrogen-bond acceptors (Lipinski definition) is 5. The van der Waals surface area contributed by atoms with Gasteiger partial charge in [0.2, 0.25) is 5.91 Å². The molecule has 0 bridgehead atoms. The maximum Gasteiger partial charge on any atom is 0.305 e. The van der Waals surface area contributed by atoms with Gasteiger partial charge in [-0.05, 0) is 17.9 Å². The van der Waals surface area contributed by atoms with Crippen molar-refractivity contribution in [1.29, 1.82) is 0 Å². The van der Waals surface area contributed by atoms with Gasteiger partial charge < -0.3 is 15.3 Å². The summed E-state index contributed by atoms with van der Waals surface area (Å²) in [5.41, 5.74) is 0.635. The van der Waals surface area contributed by atoms with Crippen LogP contribution < -0.4 is 5.32 Å². The summed E-state index contributed by atoms with van der Waals surface area (Å²) < 4.78 is 0. The molecule has 0 radical (unpaired) electrons. The van der Waals surface area contributed by atoms with Crippen LogP contribution in [-0.2, 0) is 9.59 Å². The van der Waals surface area contributed by atoms with Crippen LogP contribution in [0.2, 0.25) is 0 Å². The third-order valence-electron chi connectivity index (χ3n) is 3.59. The highest BCUT2D eigenvalue weighted by Crippen LogP contribution is 2.20. The standard InChI is InChI=1S/C15H20N2O4S2/c18-13(17-5-7-23-10-12(17)8-14(19)20)2-1-4-16-15(21)11-3-6-22-9-11/h3,6,9,12H,1-2,4-5,7-8,10H2,(H,16,21)(H,19,20). The molecule has 1 aliphatic rings. The smallest absolute Gasteiger partial charge is 0.305 e. The maximum absolute atomic E-state index is 12.3. The van der Waals surface area contributed by atoms with Gasteiger partial charge in [0.15, 0.2) is 0 Å². The van der Waals surface area contributed by atoms with E-state index in [1.807, 2.05) is 5.38 Å². The lowest BCUT2D eigenvalue weighted by atomic mass is 10.1. The Labute approximate surface area is 143 Å². The van der Waals surface area contributed by atoms with Gasteiger partial charge in [0.25, 0.3) is 5.91 Å². The Morgan fingerprint density at radius 2 is 2.22 bits per heavy atom. The molecule has 1 atom stereocenters. The summed E-state index contributed by atoms with van der Waals surface area (Å²) in [6, 6.07) is 1.53. The minimum Gasteiger partial charge on any atom is -0.481 e. The number of rotatable bonds is 7. The molecule has 1 aromatic heterocycles. The van der Waals surface area contributed by atoms with Crippen molar-refractivity contribution in [3.8, 4) is 0 Å². The second kappa shape index (κ2) is 8.93. The number of carbonyl (C=O) groups excluding carboxylic acids is 2. The molecule has 1 unspecified atom stereocenters. The van der Waals surface area contributed by atoms with Crippen molar-refractivity contribution in [2.75, 3.05) is 24.6 Å². The van der Waals surface area contributed by atoms with E-state index in [2.05, 4.69) is 5.32 Å². The third kappa shape index (κ3) is 5.54. The van der Waals surface area contributed by atoms with Crippen molar-refractivity contribution in [3.63, 3.8) is 0 Å². The van der Waals surface area contributed by atoms with E-state index in [0.29, 0.717) is 37.2 Å². The van der Waals surface area contributed by atoms with Gasteiger partial charge >= 0.3 is 5.97 Å². The van der Waals surface area contributed by atoms with Crippen LogP contribution in [0.1, 0.15) is 29.6 Å². The second-order valence-electron chi connectivity index (χ2n) is 5.29. The van der Waals surface area contributed by atoms with E-state index in [4.69, 9.17) is 5.11 Å². The number of thioether (sulfide) groups is 1. The first kappa shape index (κ1) is 17.8. The number of thiophene rings is 1. The molecule has 0 spiro atoms. The monoisotopic (exact) mass is 356 g/mol. The van der Waals surface area contributed by atoms with Crippen molar-refractivity contribution < 1.29 is 19.5 Å². The van der Waals surface area contributed by atoms with Gasteiger partial charge in [-0.15, -0.1) is 0 Å². The lowest BCUT2D eigenvalue weighted by Crippen LogP contribution is -2.47. The first-order chi connectivity index (χ1) is 11.1. The average Bonchev–Trinajstić information content (AvgIpc) is 3.05. The quantitative estimate of drug-likeness (QED) is 0.726. The zero-order valence-electron chi connectivity index (χ0n) is 12.7. The summed E-state index contributed by atoms with van der Waals surface area (Å²) in [5.74, 6) is 0.487. The number of carboxylic acids is 1. The SMILES string of the molecule is O=C(O)CC1CSCCN1C(=O)CCCNC(=O)c1ccsc1. The number of aliphatic carboxylic acids is 1. The first-order valence-corrected chi connectivity index (χ1v) is 9.57. The number of nitrogens with zero attached hydrogens (tertiary/aromatic N) is 1. The normalized spacial score (nSPS) is 17.7. The van der Waals surface area contributed by atoms with Crippen molar-refractivity contribution >= 4 is 40.9 Å². The minimum atomic E-state index is -0.877. The molecule has 0 saturated carbocycles. The fourth-order valence-corrected chi connectivity index (χ4v) is 4.13. The Morgan fingerprint density at radius 1 is 1.39 bits per heavy atom. The first-order valence-electron chi connectivity index (χ1n) is 7.47. The number of carbonyl (C=O) groups is 3. The third-order valence-corrected chi connectivity index (χ3v) is 5.37. The highest BCUT2D eigenvalue weighted by atomic mass is 32.2. The van der Waals surface area contributed by atoms with Crippen LogP contribution in [0.15, 0.2) is 16.8 Å². The molecule has 0 aromatic carbocycles. The Balaban J connectivity index is 1.72. The molecule has 1 aromatic rings. The van der Waals surface area contributed by atoms with Gasteiger partial charge in [-0.3, -0.25) is 14.4 Å². The lowest BCUT2D eigenvalue weighted by molar-refractivity contribution is -0.140. The molecule has 2 heterocycles. The molecular formula is C15H20N2O4S2. The fourth-order valence-electron chi connectivity index (χ4n) is 2.43. The number of carboxylic acid groups (broad SMARTS) is 1. The largest absolute Gasteiger partial charge is 0.481 e. The van der Waals surface area contributed by atoms with Crippen LogP contribution in [0.25, 0.3) is 0 Å². The van der Waals surface area contributed by atoms with E-state index >= 15 is 0 Å². The second-order valence-corrected chi connectivity index (χ2v) is 7.22. The summed E-state index contributed by atoms with van der Waals surface area (Å²) in [6.07, 6.45) is 0.872. The van der Waals surface area contributed by atoms with Crippen LogP contribution in [0, 0.1) is 0 Å². The van der Waals surface area contributed by atoms with Gasteiger partial charge in [-0.25, -0.2) is 0 Å². The van der Waals surface area contributed by atoms with Crippen LogP contribution in [-0.4, -0.2) is 58.4 Å². The Bertz CT molecular complexity index is 548. The number of amides is 2. The predicted octanol–water partition coefficient (Wildman–Crippen LogP) is 1.68. The molecule has 0 aliphatic carbocycles. The van der Waals surface area contributed by atoms with Crippen LogP contribution in [0.5, 0.6) is 0 Å². The van der Waals surface area contributed by atoms with Crippen LogP contribution in [0.4, 0.5) is 0 Å². The van der Waals surface area contributed by atoms with E-state index in [0.717, 1.165) is 5.75 Å². The lowest BCUT2D eigenvalue weighted by Gasteiger charge is -2.34. The number of nitrogens with one attached hydrogen (secondary N) is 1. The molecule has 2 rings (SSSR count). The molecule has 23 heavy (non-hydrogen) atoms. The molecule has 1 fully saturated rings. The highest BCUT2D eigenvalue weighted by Gasteiger charge is 2.28. The van der Waals surface area contributed by atoms with E-state index in [1.54, 1.807) is 28.1 Å². The summed E-state index contributed by atoms with van der Waals surface area (Å²) >= 11 is 3.15. The molecule has 1 saturated heterocycles. The molecular weight excluding hydrogens is 336 g/mol. The average molecular weight is 356 g/mol. The Kier molecular flexibility index (Phi) is 6.91. The highest BCUT2D eigenvalue weighted by molar-refractivity contribution is 7.99. The van der Waals surface area contributed by atoms with Crippen molar-refractivity contribution in [2.45, 2.75) is 25.3 Å². The Hall–Kier alpha value is -1.54. The van der Waals surface area contributed by atoms with Crippen molar-refractivity contribution in [2.24, 2.45) is 0 Å².